The lowest BCUT2D eigenvalue weighted by molar-refractivity contribution is -0.149. The van der Waals surface area contributed by atoms with Gasteiger partial charge in [0.2, 0.25) is 6.79 Å². The van der Waals surface area contributed by atoms with Crippen LogP contribution in [0.3, 0.4) is 0 Å². The first-order chi connectivity index (χ1) is 12.7. The summed E-state index contributed by atoms with van der Waals surface area (Å²) in [4.78, 5) is 18.9. The molecule has 2 heterocycles. The van der Waals surface area contributed by atoms with Crippen molar-refractivity contribution in [3.63, 3.8) is 0 Å². The number of guanidine groups is 1. The van der Waals surface area contributed by atoms with Crippen LogP contribution in [0.1, 0.15) is 32.3 Å². The van der Waals surface area contributed by atoms with E-state index in [-0.39, 0.29) is 42.7 Å². The Kier molecular flexibility index (Phi) is 8.46. The van der Waals surface area contributed by atoms with Crippen LogP contribution in [0.15, 0.2) is 23.2 Å². The monoisotopic (exact) mass is 489 g/mol. The number of nitrogens with zero attached hydrogens (tertiary/aromatic N) is 2. The number of carbonyl (C=O) groups excluding carboxylic acids is 1. The average molecular weight is 489 g/mol. The van der Waals surface area contributed by atoms with Crippen molar-refractivity contribution in [3.8, 4) is 11.5 Å². The van der Waals surface area contributed by atoms with E-state index in [9.17, 15) is 4.79 Å². The third-order valence-corrected chi connectivity index (χ3v) is 4.60. The van der Waals surface area contributed by atoms with Gasteiger partial charge in [0.05, 0.1) is 19.1 Å². The number of ether oxygens (including phenoxy) is 3. The maximum atomic E-state index is 11.9. The van der Waals surface area contributed by atoms with Crippen molar-refractivity contribution >= 4 is 35.9 Å². The molecule has 1 aromatic rings. The Morgan fingerprint density at radius 3 is 2.70 bits per heavy atom. The summed E-state index contributed by atoms with van der Waals surface area (Å²) in [7, 11) is 0. The molecule has 0 amide bonds. The van der Waals surface area contributed by atoms with Crippen LogP contribution in [0.4, 0.5) is 0 Å². The summed E-state index contributed by atoms with van der Waals surface area (Å²) < 4.78 is 15.9. The number of halogens is 1. The van der Waals surface area contributed by atoms with E-state index in [1.165, 1.54) is 0 Å². The fourth-order valence-electron chi connectivity index (χ4n) is 3.22. The predicted molar refractivity (Wildman–Crippen MR) is 114 cm³/mol. The van der Waals surface area contributed by atoms with Crippen LogP contribution in [0.5, 0.6) is 11.5 Å². The summed E-state index contributed by atoms with van der Waals surface area (Å²) in [5.74, 6) is 2.37. The van der Waals surface area contributed by atoms with Gasteiger partial charge in [-0.3, -0.25) is 4.79 Å². The fourth-order valence-corrected chi connectivity index (χ4v) is 3.22. The molecule has 1 fully saturated rings. The number of carbonyl (C=O) groups is 1. The highest BCUT2D eigenvalue weighted by molar-refractivity contribution is 14.0. The molecule has 0 atom stereocenters. The lowest BCUT2D eigenvalue weighted by Gasteiger charge is -2.33. The van der Waals surface area contributed by atoms with E-state index in [0.29, 0.717) is 13.2 Å². The first kappa shape index (κ1) is 21.6. The van der Waals surface area contributed by atoms with Crippen LogP contribution in [-0.2, 0) is 16.1 Å². The number of likely N-dealkylation sites (tertiary alicyclic amines) is 1. The van der Waals surface area contributed by atoms with Crippen LogP contribution in [-0.4, -0.2) is 49.9 Å². The van der Waals surface area contributed by atoms with Gasteiger partial charge in [-0.2, -0.15) is 0 Å². The van der Waals surface area contributed by atoms with E-state index < -0.39 is 0 Å². The van der Waals surface area contributed by atoms with E-state index in [2.05, 4.69) is 17.1 Å². The molecule has 0 saturated carbocycles. The van der Waals surface area contributed by atoms with Crippen molar-refractivity contribution in [2.75, 3.05) is 33.0 Å². The summed E-state index contributed by atoms with van der Waals surface area (Å²) in [6.07, 6.45) is 1.60. The van der Waals surface area contributed by atoms with Crippen LogP contribution in [0.2, 0.25) is 0 Å². The Balaban J connectivity index is 0.00000261. The molecule has 2 aliphatic heterocycles. The molecular formula is C19H28IN3O4. The van der Waals surface area contributed by atoms with Crippen LogP contribution >= 0.6 is 24.0 Å². The van der Waals surface area contributed by atoms with Crippen molar-refractivity contribution in [2.24, 2.45) is 10.9 Å². The van der Waals surface area contributed by atoms with Gasteiger partial charge in [0.1, 0.15) is 0 Å². The van der Waals surface area contributed by atoms with E-state index >= 15 is 0 Å². The molecule has 27 heavy (non-hydrogen) atoms. The highest BCUT2D eigenvalue weighted by Gasteiger charge is 2.27. The molecule has 8 heteroatoms. The molecule has 2 aliphatic rings. The third-order valence-electron chi connectivity index (χ3n) is 4.60. The van der Waals surface area contributed by atoms with Gasteiger partial charge in [0.15, 0.2) is 17.5 Å². The zero-order chi connectivity index (χ0) is 18.4. The lowest BCUT2D eigenvalue weighted by Crippen LogP contribution is -2.46. The van der Waals surface area contributed by atoms with Crippen molar-refractivity contribution < 1.29 is 19.0 Å². The fraction of sp³-hybridized carbons (Fsp3) is 0.579. The van der Waals surface area contributed by atoms with Crippen LogP contribution < -0.4 is 14.8 Å². The quantitative estimate of drug-likeness (QED) is 0.297. The second-order valence-corrected chi connectivity index (χ2v) is 6.37. The van der Waals surface area contributed by atoms with Gasteiger partial charge in [-0.25, -0.2) is 4.99 Å². The SMILES string of the molecule is CCNC(=NCc1ccc2c(c1)OCO2)N1CCC(C(=O)OCC)CC1.I. The molecule has 1 saturated heterocycles. The molecule has 0 radical (unpaired) electrons. The highest BCUT2D eigenvalue weighted by Crippen LogP contribution is 2.32. The van der Waals surface area contributed by atoms with Gasteiger partial charge in [0, 0.05) is 19.6 Å². The number of hydrogen-bond acceptors (Lipinski definition) is 5. The van der Waals surface area contributed by atoms with Crippen LogP contribution in [0, 0.1) is 5.92 Å². The van der Waals surface area contributed by atoms with Gasteiger partial charge in [-0.05, 0) is 44.4 Å². The summed E-state index contributed by atoms with van der Waals surface area (Å²) in [5.41, 5.74) is 1.08. The number of benzene rings is 1. The van der Waals surface area contributed by atoms with Gasteiger partial charge >= 0.3 is 5.97 Å². The Morgan fingerprint density at radius 1 is 1.26 bits per heavy atom. The van der Waals surface area contributed by atoms with Gasteiger partial charge in [0.25, 0.3) is 0 Å². The second-order valence-electron chi connectivity index (χ2n) is 6.37. The first-order valence-electron chi connectivity index (χ1n) is 9.29. The van der Waals surface area contributed by atoms with Crippen molar-refractivity contribution in [3.05, 3.63) is 23.8 Å². The molecule has 0 spiro atoms. The predicted octanol–water partition coefficient (Wildman–Crippen LogP) is 2.77. The zero-order valence-corrected chi connectivity index (χ0v) is 18.2. The lowest BCUT2D eigenvalue weighted by atomic mass is 9.97. The molecule has 0 aliphatic carbocycles. The maximum Gasteiger partial charge on any atom is 0.309 e. The third kappa shape index (κ3) is 5.63. The van der Waals surface area contributed by atoms with Gasteiger partial charge in [-0.1, -0.05) is 6.07 Å². The Hall–Kier alpha value is -1.71. The number of rotatable bonds is 5. The number of piperidine rings is 1. The van der Waals surface area contributed by atoms with E-state index in [0.717, 1.165) is 55.5 Å². The Bertz CT molecular complexity index is 660. The Labute approximate surface area is 177 Å². The number of aliphatic imine (C=N–C) groups is 1. The molecule has 3 rings (SSSR count). The van der Waals surface area contributed by atoms with E-state index in [1.54, 1.807) is 0 Å². The molecular weight excluding hydrogens is 461 g/mol. The molecule has 1 N–H and O–H groups in total. The smallest absolute Gasteiger partial charge is 0.309 e. The first-order valence-corrected chi connectivity index (χ1v) is 9.29. The van der Waals surface area contributed by atoms with Gasteiger partial charge < -0.3 is 24.4 Å². The molecule has 1 aromatic carbocycles. The number of esters is 1. The van der Waals surface area contributed by atoms with Crippen molar-refractivity contribution in [1.29, 1.82) is 0 Å². The summed E-state index contributed by atoms with van der Waals surface area (Å²) >= 11 is 0. The van der Waals surface area contributed by atoms with Crippen molar-refractivity contribution in [2.45, 2.75) is 33.2 Å². The summed E-state index contributed by atoms with van der Waals surface area (Å²) in [5, 5.41) is 3.35. The summed E-state index contributed by atoms with van der Waals surface area (Å²) in [6, 6.07) is 5.90. The zero-order valence-electron chi connectivity index (χ0n) is 15.9. The largest absolute Gasteiger partial charge is 0.466 e. The standard InChI is InChI=1S/C19H27N3O4.HI/c1-3-20-19(22-9-7-15(8-10-22)18(23)24-4-2)21-12-14-5-6-16-17(11-14)26-13-25-16;/h5-6,11,15H,3-4,7-10,12-13H2,1-2H3,(H,20,21);1H. The average Bonchev–Trinajstić information content (AvgIpc) is 3.13. The van der Waals surface area contributed by atoms with Gasteiger partial charge in [-0.15, -0.1) is 24.0 Å². The maximum absolute atomic E-state index is 11.9. The number of fused-ring (bicyclic) bond motifs is 1. The number of hydrogen-bond donors (Lipinski definition) is 1. The molecule has 0 aromatic heterocycles. The molecule has 150 valence electrons. The molecule has 0 bridgehead atoms. The Morgan fingerprint density at radius 2 is 2.00 bits per heavy atom. The van der Waals surface area contributed by atoms with E-state index in [4.69, 9.17) is 19.2 Å². The number of nitrogens with one attached hydrogen (secondary N) is 1. The minimum absolute atomic E-state index is 0. The topological polar surface area (TPSA) is 72.4 Å². The normalized spacial score (nSPS) is 16.7. The van der Waals surface area contributed by atoms with Crippen molar-refractivity contribution in [1.82, 2.24) is 10.2 Å². The summed E-state index contributed by atoms with van der Waals surface area (Å²) in [6.45, 7) is 7.60. The minimum atomic E-state index is -0.0746. The molecule has 7 nitrogen and oxygen atoms in total. The second kappa shape index (κ2) is 10.6. The minimum Gasteiger partial charge on any atom is -0.466 e. The van der Waals surface area contributed by atoms with E-state index in [1.807, 2.05) is 25.1 Å². The molecule has 0 unspecified atom stereocenters. The highest BCUT2D eigenvalue weighted by atomic mass is 127. The van der Waals surface area contributed by atoms with Crippen LogP contribution in [0.25, 0.3) is 0 Å².